The molecule has 2 fully saturated rings. The second-order valence-corrected chi connectivity index (χ2v) is 6.69. The van der Waals surface area contributed by atoms with Gasteiger partial charge < -0.3 is 10.2 Å². The zero-order chi connectivity index (χ0) is 13.2. The van der Waals surface area contributed by atoms with Crippen molar-refractivity contribution in [2.75, 3.05) is 19.6 Å². The number of carbonyl (C=O) groups excluding carboxylic acids is 1. The van der Waals surface area contributed by atoms with E-state index in [1.165, 1.54) is 12.8 Å². The van der Waals surface area contributed by atoms with Gasteiger partial charge in [0.1, 0.15) is 0 Å². The maximum atomic E-state index is 12.9. The Labute approximate surface area is 123 Å². The van der Waals surface area contributed by atoms with Crippen LogP contribution in [0.3, 0.4) is 0 Å². The number of halogens is 1. The molecule has 0 radical (unpaired) electrons. The molecular formula is C15H29ClN2O. The molecular weight excluding hydrogens is 260 g/mol. The molecule has 3 nitrogen and oxygen atoms in total. The predicted molar refractivity (Wildman–Crippen MR) is 81.6 cm³/mol. The monoisotopic (exact) mass is 288 g/mol. The first kappa shape index (κ1) is 16.8. The number of carbonyl (C=O) groups is 1. The highest BCUT2D eigenvalue weighted by Gasteiger charge is 2.44. The van der Waals surface area contributed by atoms with Gasteiger partial charge in [-0.15, -0.1) is 12.4 Å². The second-order valence-electron chi connectivity index (χ2n) is 6.69. The number of nitrogens with one attached hydrogen (secondary N) is 1. The van der Waals surface area contributed by atoms with Crippen molar-refractivity contribution in [3.05, 3.63) is 0 Å². The predicted octanol–water partition coefficient (Wildman–Crippen LogP) is 2.84. The molecule has 0 aromatic rings. The molecule has 4 heteroatoms. The Morgan fingerprint density at radius 2 is 2.00 bits per heavy atom. The lowest BCUT2D eigenvalue weighted by molar-refractivity contribution is -0.144. The number of rotatable bonds is 3. The number of hydrogen-bond acceptors (Lipinski definition) is 2. The summed E-state index contributed by atoms with van der Waals surface area (Å²) in [5.74, 6) is 1.06. The van der Waals surface area contributed by atoms with E-state index in [1.54, 1.807) is 0 Å². The molecule has 1 unspecified atom stereocenters. The fourth-order valence-electron chi connectivity index (χ4n) is 3.79. The molecule has 1 atom stereocenters. The molecule has 112 valence electrons. The van der Waals surface area contributed by atoms with Gasteiger partial charge in [-0.3, -0.25) is 4.79 Å². The minimum atomic E-state index is -0.0226. The summed E-state index contributed by atoms with van der Waals surface area (Å²) < 4.78 is 0. The van der Waals surface area contributed by atoms with Crippen LogP contribution in [-0.4, -0.2) is 36.5 Å². The van der Waals surface area contributed by atoms with E-state index in [4.69, 9.17) is 0 Å². The third-order valence-corrected chi connectivity index (χ3v) is 4.47. The van der Waals surface area contributed by atoms with Crippen LogP contribution in [0, 0.1) is 11.3 Å². The third kappa shape index (κ3) is 3.85. The average molecular weight is 289 g/mol. The summed E-state index contributed by atoms with van der Waals surface area (Å²) in [6.45, 7) is 9.39. The first-order valence-electron chi connectivity index (χ1n) is 7.56. The molecule has 0 spiro atoms. The standard InChI is InChI=1S/C15H28N2O.ClH/c1-12(2)10-15(6-4-5-7-15)14(18)17-9-8-16-13(3)11-17;/h12-13,16H,4-11H2,1-3H3;1H. The molecule has 1 amide bonds. The number of nitrogens with zero attached hydrogens (tertiary/aromatic N) is 1. The zero-order valence-electron chi connectivity index (χ0n) is 12.6. The topological polar surface area (TPSA) is 32.3 Å². The Morgan fingerprint density at radius 3 is 2.53 bits per heavy atom. The van der Waals surface area contributed by atoms with Gasteiger partial charge in [-0.05, 0) is 32.1 Å². The summed E-state index contributed by atoms with van der Waals surface area (Å²) in [6.07, 6.45) is 5.77. The van der Waals surface area contributed by atoms with E-state index in [0.717, 1.165) is 38.9 Å². The minimum Gasteiger partial charge on any atom is -0.339 e. The van der Waals surface area contributed by atoms with Crippen LogP contribution < -0.4 is 5.32 Å². The molecule has 2 aliphatic rings. The Hall–Kier alpha value is -0.280. The van der Waals surface area contributed by atoms with Crippen molar-refractivity contribution in [3.8, 4) is 0 Å². The van der Waals surface area contributed by atoms with Crippen molar-refractivity contribution in [1.82, 2.24) is 10.2 Å². The highest BCUT2D eigenvalue weighted by Crippen LogP contribution is 2.44. The zero-order valence-corrected chi connectivity index (χ0v) is 13.4. The summed E-state index contributed by atoms with van der Waals surface area (Å²) in [5.41, 5.74) is -0.0226. The van der Waals surface area contributed by atoms with Crippen LogP contribution in [0.4, 0.5) is 0 Å². The maximum Gasteiger partial charge on any atom is 0.228 e. The Morgan fingerprint density at radius 1 is 1.37 bits per heavy atom. The largest absolute Gasteiger partial charge is 0.339 e. The van der Waals surface area contributed by atoms with Crippen molar-refractivity contribution in [2.45, 2.75) is 58.9 Å². The van der Waals surface area contributed by atoms with Crippen LogP contribution in [0.25, 0.3) is 0 Å². The quantitative estimate of drug-likeness (QED) is 0.866. The summed E-state index contributed by atoms with van der Waals surface area (Å²) in [5, 5.41) is 3.42. The van der Waals surface area contributed by atoms with E-state index in [9.17, 15) is 4.79 Å². The Kier molecular flexibility index (Phi) is 6.13. The molecule has 1 saturated heterocycles. The van der Waals surface area contributed by atoms with Gasteiger partial charge in [0.2, 0.25) is 5.91 Å². The van der Waals surface area contributed by atoms with Crippen molar-refractivity contribution in [2.24, 2.45) is 11.3 Å². The molecule has 1 aliphatic carbocycles. The molecule has 1 saturated carbocycles. The SMILES string of the molecule is CC(C)CC1(C(=O)N2CCNC(C)C2)CCCC1.Cl. The van der Waals surface area contributed by atoms with Gasteiger partial charge >= 0.3 is 0 Å². The van der Waals surface area contributed by atoms with Gasteiger partial charge in [0.25, 0.3) is 0 Å². The van der Waals surface area contributed by atoms with Crippen LogP contribution >= 0.6 is 12.4 Å². The average Bonchev–Trinajstić information content (AvgIpc) is 2.77. The Balaban J connectivity index is 0.00000180. The molecule has 0 aromatic heterocycles. The van der Waals surface area contributed by atoms with Gasteiger partial charge in [0.05, 0.1) is 0 Å². The van der Waals surface area contributed by atoms with E-state index in [-0.39, 0.29) is 17.8 Å². The smallest absolute Gasteiger partial charge is 0.228 e. The first-order chi connectivity index (χ1) is 8.53. The van der Waals surface area contributed by atoms with E-state index in [1.807, 2.05) is 0 Å². The van der Waals surface area contributed by atoms with E-state index < -0.39 is 0 Å². The van der Waals surface area contributed by atoms with Gasteiger partial charge in [-0.2, -0.15) is 0 Å². The summed E-state index contributed by atoms with van der Waals surface area (Å²) in [4.78, 5) is 15.0. The summed E-state index contributed by atoms with van der Waals surface area (Å²) >= 11 is 0. The van der Waals surface area contributed by atoms with Crippen molar-refractivity contribution >= 4 is 18.3 Å². The lowest BCUT2D eigenvalue weighted by atomic mass is 9.77. The molecule has 0 bridgehead atoms. The van der Waals surface area contributed by atoms with Gasteiger partial charge in [-0.25, -0.2) is 0 Å². The normalized spacial score (nSPS) is 26.3. The van der Waals surface area contributed by atoms with Crippen molar-refractivity contribution in [3.63, 3.8) is 0 Å². The van der Waals surface area contributed by atoms with E-state index >= 15 is 0 Å². The van der Waals surface area contributed by atoms with Crippen LogP contribution in [-0.2, 0) is 4.79 Å². The summed E-state index contributed by atoms with van der Waals surface area (Å²) in [7, 11) is 0. The van der Waals surface area contributed by atoms with Gasteiger partial charge in [0, 0.05) is 31.1 Å². The first-order valence-corrected chi connectivity index (χ1v) is 7.56. The molecule has 19 heavy (non-hydrogen) atoms. The number of piperazine rings is 1. The third-order valence-electron chi connectivity index (χ3n) is 4.47. The fraction of sp³-hybridized carbons (Fsp3) is 0.933. The molecule has 2 rings (SSSR count). The second kappa shape index (κ2) is 6.94. The maximum absolute atomic E-state index is 12.9. The Bertz CT molecular complexity index is 301. The number of amides is 1. The molecule has 0 aromatic carbocycles. The summed E-state index contributed by atoms with van der Waals surface area (Å²) in [6, 6.07) is 0.445. The van der Waals surface area contributed by atoms with Crippen LogP contribution in [0.2, 0.25) is 0 Å². The highest BCUT2D eigenvalue weighted by atomic mass is 35.5. The lowest BCUT2D eigenvalue weighted by Gasteiger charge is -2.39. The van der Waals surface area contributed by atoms with Crippen LogP contribution in [0.15, 0.2) is 0 Å². The van der Waals surface area contributed by atoms with Crippen molar-refractivity contribution in [1.29, 1.82) is 0 Å². The highest BCUT2D eigenvalue weighted by molar-refractivity contribution is 5.85. The molecule has 1 aliphatic heterocycles. The van der Waals surface area contributed by atoms with Crippen LogP contribution in [0.1, 0.15) is 52.9 Å². The van der Waals surface area contributed by atoms with Gasteiger partial charge in [-0.1, -0.05) is 26.7 Å². The fourth-order valence-corrected chi connectivity index (χ4v) is 3.79. The van der Waals surface area contributed by atoms with Crippen molar-refractivity contribution < 1.29 is 4.79 Å². The van der Waals surface area contributed by atoms with E-state index in [0.29, 0.717) is 17.9 Å². The van der Waals surface area contributed by atoms with Crippen LogP contribution in [0.5, 0.6) is 0 Å². The van der Waals surface area contributed by atoms with E-state index in [2.05, 4.69) is 31.0 Å². The molecule has 1 heterocycles. The van der Waals surface area contributed by atoms with Gasteiger partial charge in [0.15, 0.2) is 0 Å². The minimum absolute atomic E-state index is 0. The number of hydrogen-bond donors (Lipinski definition) is 1. The molecule has 1 N–H and O–H groups in total. The lowest BCUT2D eigenvalue weighted by Crippen LogP contribution is -2.55.